The maximum atomic E-state index is 13.6. The smallest absolute Gasteiger partial charge is 0.265 e. The molecule has 0 saturated carbocycles. The molecular formula is C25H23N5O3. The van der Waals surface area contributed by atoms with E-state index in [2.05, 4.69) is 0 Å². The van der Waals surface area contributed by atoms with Crippen LogP contribution < -0.4 is 10.3 Å². The first-order valence-corrected chi connectivity index (χ1v) is 11.1. The number of ether oxygens (including phenoxy) is 2. The van der Waals surface area contributed by atoms with Gasteiger partial charge in [0.15, 0.2) is 11.3 Å². The maximum absolute atomic E-state index is 13.6. The molecule has 0 aliphatic carbocycles. The van der Waals surface area contributed by atoms with Gasteiger partial charge in [-0.25, -0.2) is 15.0 Å². The van der Waals surface area contributed by atoms with E-state index in [1.807, 2.05) is 53.1 Å². The van der Waals surface area contributed by atoms with Crippen molar-refractivity contribution in [2.45, 2.75) is 32.0 Å². The third-order valence-corrected chi connectivity index (χ3v) is 6.24. The minimum absolute atomic E-state index is 0.0431. The van der Waals surface area contributed by atoms with Gasteiger partial charge in [0.25, 0.3) is 5.56 Å². The first-order valence-electron chi connectivity index (χ1n) is 11.1. The van der Waals surface area contributed by atoms with E-state index in [0.717, 1.165) is 41.8 Å². The Kier molecular flexibility index (Phi) is 4.80. The molecule has 0 amide bonds. The van der Waals surface area contributed by atoms with E-state index in [9.17, 15) is 4.79 Å². The molecule has 1 aliphatic heterocycles. The second-order valence-electron chi connectivity index (χ2n) is 8.35. The van der Waals surface area contributed by atoms with Gasteiger partial charge in [-0.15, -0.1) is 0 Å². The second-order valence-corrected chi connectivity index (χ2v) is 8.35. The first-order chi connectivity index (χ1) is 16.2. The third kappa shape index (κ3) is 3.43. The molecule has 1 saturated heterocycles. The van der Waals surface area contributed by atoms with Crippen molar-refractivity contribution in [3.05, 3.63) is 70.8 Å². The minimum atomic E-state index is -0.112. The normalized spacial score (nSPS) is 16.2. The molecule has 8 heteroatoms. The number of para-hydroxylation sites is 2. The van der Waals surface area contributed by atoms with Gasteiger partial charge in [-0.3, -0.25) is 9.36 Å². The number of nitrogens with zero attached hydrogens (tertiary/aromatic N) is 5. The standard InChI is InChI=1S/C25H23N5O3/c1-32-17-10-8-16(9-11-17)13-30-23-21(22-24(30)28-20-7-3-2-6-19(20)27-22)25(31)29(15-26-23)14-18-5-4-12-33-18/h2-3,6-11,15,18H,4-5,12-14H2,1H3/t18-/m0/s1. The lowest BCUT2D eigenvalue weighted by atomic mass is 10.2. The Labute approximate surface area is 189 Å². The number of fused-ring (bicyclic) bond motifs is 4. The molecule has 0 spiro atoms. The van der Waals surface area contributed by atoms with Gasteiger partial charge in [-0.05, 0) is 42.7 Å². The van der Waals surface area contributed by atoms with Gasteiger partial charge >= 0.3 is 0 Å². The average Bonchev–Trinajstić information content (AvgIpc) is 3.46. The zero-order valence-electron chi connectivity index (χ0n) is 18.3. The average molecular weight is 441 g/mol. The lowest BCUT2D eigenvalue weighted by Crippen LogP contribution is -2.26. The van der Waals surface area contributed by atoms with Gasteiger partial charge in [0.2, 0.25) is 0 Å². The van der Waals surface area contributed by atoms with Crippen LogP contribution in [0.3, 0.4) is 0 Å². The Balaban J connectivity index is 1.57. The molecule has 6 rings (SSSR count). The summed E-state index contributed by atoms with van der Waals surface area (Å²) in [6.45, 7) is 1.75. The van der Waals surface area contributed by atoms with Crippen molar-refractivity contribution < 1.29 is 9.47 Å². The predicted octanol–water partition coefficient (Wildman–Crippen LogP) is 3.53. The van der Waals surface area contributed by atoms with Crippen LogP contribution in [0.1, 0.15) is 18.4 Å². The van der Waals surface area contributed by atoms with Crippen LogP contribution in [-0.4, -0.2) is 43.9 Å². The molecule has 2 aromatic carbocycles. The molecule has 4 heterocycles. The van der Waals surface area contributed by atoms with E-state index < -0.39 is 0 Å². The zero-order valence-corrected chi connectivity index (χ0v) is 18.3. The van der Waals surface area contributed by atoms with Crippen LogP contribution in [-0.2, 0) is 17.8 Å². The van der Waals surface area contributed by atoms with E-state index >= 15 is 0 Å². The summed E-state index contributed by atoms with van der Waals surface area (Å²) in [6, 6.07) is 15.6. The molecule has 1 fully saturated rings. The number of methoxy groups -OCH3 is 1. The lowest BCUT2D eigenvalue weighted by Gasteiger charge is -2.11. The summed E-state index contributed by atoms with van der Waals surface area (Å²) >= 11 is 0. The van der Waals surface area contributed by atoms with Crippen molar-refractivity contribution >= 4 is 33.2 Å². The molecule has 1 aliphatic rings. The summed E-state index contributed by atoms with van der Waals surface area (Å²) < 4.78 is 14.6. The summed E-state index contributed by atoms with van der Waals surface area (Å²) in [4.78, 5) is 28.0. The minimum Gasteiger partial charge on any atom is -0.497 e. The van der Waals surface area contributed by atoms with Gasteiger partial charge in [-0.1, -0.05) is 24.3 Å². The topological polar surface area (TPSA) is 84.1 Å². The molecule has 0 N–H and O–H groups in total. The second kappa shape index (κ2) is 7.97. The molecule has 0 unspecified atom stereocenters. The summed E-state index contributed by atoms with van der Waals surface area (Å²) in [5.41, 5.74) is 4.29. The highest BCUT2D eigenvalue weighted by Crippen LogP contribution is 2.26. The van der Waals surface area contributed by atoms with Crippen molar-refractivity contribution in [2.75, 3.05) is 13.7 Å². The molecule has 0 bridgehead atoms. The van der Waals surface area contributed by atoms with Crippen LogP contribution in [0.25, 0.3) is 33.2 Å². The van der Waals surface area contributed by atoms with Gasteiger partial charge in [-0.2, -0.15) is 0 Å². The Morgan fingerprint density at radius 1 is 1.06 bits per heavy atom. The van der Waals surface area contributed by atoms with E-state index in [1.54, 1.807) is 18.0 Å². The highest BCUT2D eigenvalue weighted by atomic mass is 16.5. The van der Waals surface area contributed by atoms with E-state index in [4.69, 9.17) is 24.4 Å². The van der Waals surface area contributed by atoms with E-state index in [0.29, 0.717) is 35.3 Å². The number of rotatable bonds is 5. The molecule has 3 aromatic heterocycles. The zero-order chi connectivity index (χ0) is 22.4. The van der Waals surface area contributed by atoms with Crippen LogP contribution in [0, 0.1) is 0 Å². The van der Waals surface area contributed by atoms with Crippen molar-refractivity contribution in [1.29, 1.82) is 0 Å². The largest absolute Gasteiger partial charge is 0.497 e. The van der Waals surface area contributed by atoms with Gasteiger partial charge in [0.05, 0.1) is 43.7 Å². The maximum Gasteiger partial charge on any atom is 0.265 e. The summed E-state index contributed by atoms with van der Waals surface area (Å²) in [6.07, 6.45) is 3.64. The fraction of sp³-hybridized carbons (Fsp3) is 0.280. The third-order valence-electron chi connectivity index (χ3n) is 6.24. The van der Waals surface area contributed by atoms with Crippen LogP contribution in [0.15, 0.2) is 59.7 Å². The SMILES string of the molecule is COc1ccc(Cn2c3nc4ccccc4nc3c3c(=O)n(C[C@@H]4CCCO4)cnc32)cc1. The van der Waals surface area contributed by atoms with Gasteiger partial charge in [0, 0.05) is 6.61 Å². The predicted molar refractivity (Wildman–Crippen MR) is 126 cm³/mol. The van der Waals surface area contributed by atoms with Crippen molar-refractivity contribution in [2.24, 2.45) is 0 Å². The van der Waals surface area contributed by atoms with Crippen molar-refractivity contribution in [3.8, 4) is 5.75 Å². The Morgan fingerprint density at radius 2 is 1.85 bits per heavy atom. The van der Waals surface area contributed by atoms with Gasteiger partial charge < -0.3 is 14.0 Å². The van der Waals surface area contributed by atoms with Gasteiger partial charge in [0.1, 0.15) is 16.7 Å². The van der Waals surface area contributed by atoms with Crippen molar-refractivity contribution in [1.82, 2.24) is 24.1 Å². The molecule has 166 valence electrons. The molecule has 0 radical (unpaired) electrons. The Hall–Kier alpha value is -3.78. The highest BCUT2D eigenvalue weighted by Gasteiger charge is 2.22. The van der Waals surface area contributed by atoms with Crippen LogP contribution in [0.2, 0.25) is 0 Å². The Bertz CT molecular complexity index is 1530. The fourth-order valence-electron chi connectivity index (χ4n) is 4.54. The van der Waals surface area contributed by atoms with Crippen molar-refractivity contribution in [3.63, 3.8) is 0 Å². The highest BCUT2D eigenvalue weighted by molar-refractivity contribution is 6.04. The molecule has 5 aromatic rings. The number of aromatic nitrogens is 5. The number of benzene rings is 2. The fourth-order valence-corrected chi connectivity index (χ4v) is 4.54. The molecule has 8 nitrogen and oxygen atoms in total. The molecular weight excluding hydrogens is 418 g/mol. The van der Waals surface area contributed by atoms with E-state index in [-0.39, 0.29) is 11.7 Å². The quantitative estimate of drug-likeness (QED) is 0.415. The molecule has 1 atom stereocenters. The van der Waals surface area contributed by atoms with Crippen LogP contribution >= 0.6 is 0 Å². The molecule has 33 heavy (non-hydrogen) atoms. The number of hydrogen-bond donors (Lipinski definition) is 0. The van der Waals surface area contributed by atoms with E-state index in [1.165, 1.54) is 0 Å². The monoisotopic (exact) mass is 441 g/mol. The van der Waals surface area contributed by atoms with Crippen LogP contribution in [0.5, 0.6) is 5.75 Å². The number of hydrogen-bond acceptors (Lipinski definition) is 6. The first kappa shape index (κ1) is 19.9. The summed E-state index contributed by atoms with van der Waals surface area (Å²) in [5.74, 6) is 0.793. The lowest BCUT2D eigenvalue weighted by molar-refractivity contribution is 0.0960. The summed E-state index contributed by atoms with van der Waals surface area (Å²) in [7, 11) is 1.65. The van der Waals surface area contributed by atoms with Crippen LogP contribution in [0.4, 0.5) is 0 Å². The Morgan fingerprint density at radius 3 is 2.58 bits per heavy atom. The summed E-state index contributed by atoms with van der Waals surface area (Å²) in [5, 5.41) is 0.497.